The van der Waals surface area contributed by atoms with Crippen LogP contribution >= 0.6 is 23.2 Å². The van der Waals surface area contributed by atoms with Crippen LogP contribution in [0.2, 0.25) is 10.0 Å². The largest absolute Gasteiger partial charge is 0.354 e. The lowest BCUT2D eigenvalue weighted by Gasteiger charge is -2.31. The van der Waals surface area contributed by atoms with Crippen molar-refractivity contribution in [3.05, 3.63) is 69.2 Å². The topological polar surface area (TPSA) is 49.4 Å². The van der Waals surface area contributed by atoms with Crippen LogP contribution in [0.4, 0.5) is 0 Å². The monoisotopic (exact) mass is 448 g/mol. The Hall–Kier alpha value is -2.04. The smallest absolute Gasteiger partial charge is 0.242 e. The lowest BCUT2D eigenvalue weighted by atomic mass is 10.0. The van der Waals surface area contributed by atoms with Gasteiger partial charge in [0.2, 0.25) is 11.8 Å². The molecule has 2 rings (SSSR count). The number of nitrogens with one attached hydrogen (secondary N) is 1. The highest BCUT2D eigenvalue weighted by Gasteiger charge is 2.29. The molecule has 0 fully saturated rings. The second-order valence-electron chi connectivity index (χ2n) is 7.92. The number of nitrogens with zero attached hydrogens (tertiary/aromatic N) is 1. The van der Waals surface area contributed by atoms with E-state index < -0.39 is 6.04 Å². The number of benzene rings is 2. The summed E-state index contributed by atoms with van der Waals surface area (Å²) in [7, 11) is 0. The minimum Gasteiger partial charge on any atom is -0.354 e. The van der Waals surface area contributed by atoms with Crippen molar-refractivity contribution in [1.82, 2.24) is 10.2 Å². The molecule has 0 aliphatic rings. The predicted octanol–water partition coefficient (Wildman–Crippen LogP) is 5.42. The molecule has 1 atom stereocenters. The molecule has 0 aliphatic carbocycles. The van der Waals surface area contributed by atoms with E-state index in [1.165, 1.54) is 0 Å². The molecule has 6 heteroatoms. The van der Waals surface area contributed by atoms with Crippen molar-refractivity contribution in [2.24, 2.45) is 5.92 Å². The van der Waals surface area contributed by atoms with Crippen molar-refractivity contribution < 1.29 is 9.59 Å². The summed E-state index contributed by atoms with van der Waals surface area (Å²) in [5.41, 5.74) is 2.79. The Bertz CT molecular complexity index is 883. The number of rotatable bonds is 9. The van der Waals surface area contributed by atoms with Crippen molar-refractivity contribution >= 4 is 35.0 Å². The maximum atomic E-state index is 13.4. The van der Waals surface area contributed by atoms with Gasteiger partial charge in [-0.05, 0) is 48.1 Å². The van der Waals surface area contributed by atoms with E-state index in [0.29, 0.717) is 41.0 Å². The standard InChI is InChI=1S/C24H30Cl2N2O2/c1-5-22(24(30)27-14-16(2)3)28(15-19-9-7-6-8-17(19)4)23(29)12-18-10-11-20(25)13-21(18)26/h6-11,13,16,22H,5,12,14-15H2,1-4H3,(H,27,30)/t22-/m1/s1. The van der Waals surface area contributed by atoms with Crippen LogP contribution in [0.3, 0.4) is 0 Å². The Balaban J connectivity index is 2.32. The zero-order chi connectivity index (χ0) is 22.3. The third kappa shape index (κ3) is 6.75. The van der Waals surface area contributed by atoms with E-state index in [0.717, 1.165) is 11.1 Å². The highest BCUT2D eigenvalue weighted by molar-refractivity contribution is 6.35. The Morgan fingerprint density at radius 3 is 2.37 bits per heavy atom. The fourth-order valence-corrected chi connectivity index (χ4v) is 3.72. The molecule has 2 aromatic carbocycles. The molecular weight excluding hydrogens is 419 g/mol. The van der Waals surface area contributed by atoms with Gasteiger partial charge in [0.05, 0.1) is 6.42 Å². The first kappa shape index (κ1) is 24.2. The minimum atomic E-state index is -0.554. The van der Waals surface area contributed by atoms with Gasteiger partial charge >= 0.3 is 0 Å². The van der Waals surface area contributed by atoms with Gasteiger partial charge in [-0.3, -0.25) is 9.59 Å². The summed E-state index contributed by atoms with van der Waals surface area (Å²) in [4.78, 5) is 27.9. The third-order valence-electron chi connectivity index (χ3n) is 5.03. The highest BCUT2D eigenvalue weighted by atomic mass is 35.5. The van der Waals surface area contributed by atoms with E-state index in [1.807, 2.05) is 52.0 Å². The summed E-state index contributed by atoms with van der Waals surface area (Å²) >= 11 is 12.3. The van der Waals surface area contributed by atoms with Crippen LogP contribution in [0.25, 0.3) is 0 Å². The van der Waals surface area contributed by atoms with Crippen LogP contribution in [0.5, 0.6) is 0 Å². The van der Waals surface area contributed by atoms with Crippen LogP contribution in [-0.2, 0) is 22.6 Å². The van der Waals surface area contributed by atoms with Gasteiger partial charge in [0.15, 0.2) is 0 Å². The molecule has 0 unspecified atom stereocenters. The lowest BCUT2D eigenvalue weighted by Crippen LogP contribution is -2.50. The number of amides is 2. The van der Waals surface area contributed by atoms with Gasteiger partial charge in [0, 0.05) is 23.1 Å². The summed E-state index contributed by atoms with van der Waals surface area (Å²) in [6.07, 6.45) is 0.631. The fourth-order valence-electron chi connectivity index (χ4n) is 3.24. The molecule has 162 valence electrons. The van der Waals surface area contributed by atoms with Crippen molar-refractivity contribution in [2.75, 3.05) is 6.54 Å². The number of aryl methyl sites for hydroxylation is 1. The fraction of sp³-hybridized carbons (Fsp3) is 0.417. The second kappa shape index (κ2) is 11.4. The van der Waals surface area contributed by atoms with Crippen molar-refractivity contribution in [1.29, 1.82) is 0 Å². The quantitative estimate of drug-likeness (QED) is 0.556. The van der Waals surface area contributed by atoms with Gasteiger partial charge in [-0.1, -0.05) is 74.3 Å². The van der Waals surface area contributed by atoms with Crippen LogP contribution in [0.15, 0.2) is 42.5 Å². The molecule has 1 N–H and O–H groups in total. The zero-order valence-corrected chi connectivity index (χ0v) is 19.6. The molecule has 2 aromatic rings. The molecule has 2 amide bonds. The van der Waals surface area contributed by atoms with Crippen molar-refractivity contribution in [3.63, 3.8) is 0 Å². The van der Waals surface area contributed by atoms with Crippen LogP contribution in [0.1, 0.15) is 43.9 Å². The predicted molar refractivity (Wildman–Crippen MR) is 124 cm³/mol. The Kier molecular flexibility index (Phi) is 9.19. The molecule has 30 heavy (non-hydrogen) atoms. The summed E-state index contributed by atoms with van der Waals surface area (Å²) in [5, 5.41) is 3.94. The lowest BCUT2D eigenvalue weighted by molar-refractivity contribution is -0.141. The van der Waals surface area contributed by atoms with Gasteiger partial charge in [-0.25, -0.2) is 0 Å². The highest BCUT2D eigenvalue weighted by Crippen LogP contribution is 2.23. The molecule has 4 nitrogen and oxygen atoms in total. The normalized spacial score (nSPS) is 12.0. The summed E-state index contributed by atoms with van der Waals surface area (Å²) in [6, 6.07) is 12.5. The number of carbonyl (C=O) groups excluding carboxylic acids is 2. The minimum absolute atomic E-state index is 0.107. The summed E-state index contributed by atoms with van der Waals surface area (Å²) in [6.45, 7) is 8.95. The van der Waals surface area contributed by atoms with Crippen LogP contribution < -0.4 is 5.32 Å². The number of halogens is 2. The average molecular weight is 449 g/mol. The molecule has 0 aromatic heterocycles. The number of hydrogen-bond donors (Lipinski definition) is 1. The van der Waals surface area contributed by atoms with E-state index in [4.69, 9.17) is 23.2 Å². The Labute approximate surface area is 189 Å². The van der Waals surface area contributed by atoms with E-state index >= 15 is 0 Å². The molecule has 0 bridgehead atoms. The first-order valence-corrected chi connectivity index (χ1v) is 11.0. The molecular formula is C24H30Cl2N2O2. The van der Waals surface area contributed by atoms with Gasteiger partial charge < -0.3 is 10.2 Å². The summed E-state index contributed by atoms with van der Waals surface area (Å²) < 4.78 is 0. The molecule has 0 aliphatic heterocycles. The maximum Gasteiger partial charge on any atom is 0.242 e. The van der Waals surface area contributed by atoms with Gasteiger partial charge in [0.25, 0.3) is 0 Å². The van der Waals surface area contributed by atoms with E-state index in [-0.39, 0.29) is 18.2 Å². The van der Waals surface area contributed by atoms with Crippen LogP contribution in [0, 0.1) is 12.8 Å². The number of carbonyl (C=O) groups is 2. The molecule has 0 spiro atoms. The maximum absolute atomic E-state index is 13.4. The molecule has 0 saturated heterocycles. The Morgan fingerprint density at radius 2 is 1.77 bits per heavy atom. The van der Waals surface area contributed by atoms with E-state index in [1.54, 1.807) is 23.1 Å². The first-order chi connectivity index (χ1) is 14.2. The second-order valence-corrected chi connectivity index (χ2v) is 8.77. The van der Waals surface area contributed by atoms with Crippen molar-refractivity contribution in [3.8, 4) is 0 Å². The van der Waals surface area contributed by atoms with E-state index in [2.05, 4.69) is 5.32 Å². The third-order valence-corrected chi connectivity index (χ3v) is 5.62. The Morgan fingerprint density at radius 1 is 1.07 bits per heavy atom. The molecule has 0 radical (unpaired) electrons. The summed E-state index contributed by atoms with van der Waals surface area (Å²) in [5.74, 6) is 0.0595. The number of hydrogen-bond acceptors (Lipinski definition) is 2. The first-order valence-electron chi connectivity index (χ1n) is 10.3. The molecule has 0 saturated carbocycles. The average Bonchev–Trinajstić information content (AvgIpc) is 2.69. The SMILES string of the molecule is CC[C@H](C(=O)NCC(C)C)N(Cc1ccccc1C)C(=O)Cc1ccc(Cl)cc1Cl. The van der Waals surface area contributed by atoms with Crippen molar-refractivity contribution in [2.45, 2.75) is 53.1 Å². The molecule has 0 heterocycles. The van der Waals surface area contributed by atoms with Gasteiger partial charge in [-0.15, -0.1) is 0 Å². The zero-order valence-electron chi connectivity index (χ0n) is 18.0. The van der Waals surface area contributed by atoms with Gasteiger partial charge in [-0.2, -0.15) is 0 Å². The van der Waals surface area contributed by atoms with Gasteiger partial charge in [0.1, 0.15) is 6.04 Å². The van der Waals surface area contributed by atoms with Crippen LogP contribution in [-0.4, -0.2) is 29.3 Å². The van der Waals surface area contributed by atoms with E-state index in [9.17, 15) is 9.59 Å².